The first-order chi connectivity index (χ1) is 9.66. The summed E-state index contributed by atoms with van der Waals surface area (Å²) < 4.78 is 5.15. The van der Waals surface area contributed by atoms with Crippen LogP contribution >= 0.6 is 0 Å². The second-order valence-electron chi connectivity index (χ2n) is 5.27. The maximum Gasteiger partial charge on any atom is 0.251 e. The summed E-state index contributed by atoms with van der Waals surface area (Å²) in [6.07, 6.45) is 0.561. The third kappa shape index (κ3) is 2.66. The Balaban J connectivity index is 1.72. The SMILES string of the molecule is O=C(NCC1(O)CCOC1)c1ccc2ccccc2c1. The maximum absolute atomic E-state index is 12.1. The topological polar surface area (TPSA) is 58.6 Å². The first-order valence-corrected chi connectivity index (χ1v) is 6.73. The van der Waals surface area contributed by atoms with Crippen LogP contribution in [-0.2, 0) is 4.74 Å². The summed E-state index contributed by atoms with van der Waals surface area (Å²) in [5, 5.41) is 15.0. The Kier molecular flexibility index (Phi) is 3.42. The second-order valence-corrected chi connectivity index (χ2v) is 5.27. The molecule has 0 bridgehead atoms. The number of rotatable bonds is 3. The first-order valence-electron chi connectivity index (χ1n) is 6.73. The molecule has 2 aromatic carbocycles. The molecule has 1 heterocycles. The Bertz CT molecular complexity index is 632. The van der Waals surface area contributed by atoms with Gasteiger partial charge < -0.3 is 15.2 Å². The third-order valence-electron chi connectivity index (χ3n) is 3.67. The predicted octanol–water partition coefficient (Wildman–Crippen LogP) is 1.72. The van der Waals surface area contributed by atoms with Crippen molar-refractivity contribution in [2.45, 2.75) is 12.0 Å². The zero-order valence-electron chi connectivity index (χ0n) is 11.1. The van der Waals surface area contributed by atoms with Gasteiger partial charge in [-0.25, -0.2) is 0 Å². The molecule has 104 valence electrons. The van der Waals surface area contributed by atoms with Crippen molar-refractivity contribution in [1.82, 2.24) is 5.32 Å². The summed E-state index contributed by atoms with van der Waals surface area (Å²) in [6, 6.07) is 13.5. The number of aliphatic hydroxyl groups is 1. The number of amides is 1. The van der Waals surface area contributed by atoms with Crippen molar-refractivity contribution in [2.24, 2.45) is 0 Å². The van der Waals surface area contributed by atoms with Crippen LogP contribution in [0.4, 0.5) is 0 Å². The monoisotopic (exact) mass is 271 g/mol. The fourth-order valence-corrected chi connectivity index (χ4v) is 2.41. The van der Waals surface area contributed by atoms with E-state index in [9.17, 15) is 9.90 Å². The number of benzene rings is 2. The van der Waals surface area contributed by atoms with Crippen molar-refractivity contribution in [2.75, 3.05) is 19.8 Å². The Morgan fingerprint density at radius 2 is 2.05 bits per heavy atom. The molecular formula is C16H17NO3. The van der Waals surface area contributed by atoms with Gasteiger partial charge in [-0.2, -0.15) is 0 Å². The van der Waals surface area contributed by atoms with Gasteiger partial charge >= 0.3 is 0 Å². The fourth-order valence-electron chi connectivity index (χ4n) is 2.41. The molecule has 1 atom stereocenters. The highest BCUT2D eigenvalue weighted by Crippen LogP contribution is 2.18. The minimum atomic E-state index is -0.924. The van der Waals surface area contributed by atoms with E-state index < -0.39 is 5.60 Å². The summed E-state index contributed by atoms with van der Waals surface area (Å²) in [6.45, 7) is 1.05. The van der Waals surface area contributed by atoms with E-state index in [1.165, 1.54) is 0 Å². The van der Waals surface area contributed by atoms with E-state index in [0.717, 1.165) is 10.8 Å². The standard InChI is InChI=1S/C16H17NO3/c18-15(17-10-16(19)7-8-20-11-16)14-6-5-12-3-1-2-4-13(12)9-14/h1-6,9,19H,7-8,10-11H2,(H,17,18). The molecule has 2 aromatic rings. The van der Waals surface area contributed by atoms with Crippen LogP contribution in [0.3, 0.4) is 0 Å². The van der Waals surface area contributed by atoms with E-state index in [1.807, 2.05) is 36.4 Å². The first kappa shape index (κ1) is 13.1. The van der Waals surface area contributed by atoms with Crippen molar-refractivity contribution >= 4 is 16.7 Å². The van der Waals surface area contributed by atoms with Crippen molar-refractivity contribution in [1.29, 1.82) is 0 Å². The number of nitrogens with one attached hydrogen (secondary N) is 1. The molecule has 3 rings (SSSR count). The molecule has 0 saturated carbocycles. The Hall–Kier alpha value is -1.91. The molecule has 1 unspecified atom stereocenters. The van der Waals surface area contributed by atoms with Crippen molar-refractivity contribution in [3.05, 3.63) is 48.0 Å². The zero-order chi connectivity index (χ0) is 14.0. The van der Waals surface area contributed by atoms with Crippen molar-refractivity contribution in [3.8, 4) is 0 Å². The number of carbonyl (C=O) groups excluding carboxylic acids is 1. The van der Waals surface area contributed by atoms with Gasteiger partial charge in [-0.15, -0.1) is 0 Å². The molecular weight excluding hydrogens is 254 g/mol. The van der Waals surface area contributed by atoms with Crippen molar-refractivity contribution < 1.29 is 14.6 Å². The number of hydrogen-bond acceptors (Lipinski definition) is 3. The van der Waals surface area contributed by atoms with Crippen LogP contribution in [0.1, 0.15) is 16.8 Å². The fraction of sp³-hybridized carbons (Fsp3) is 0.312. The molecule has 2 N–H and O–H groups in total. The molecule has 0 spiro atoms. The summed E-state index contributed by atoms with van der Waals surface area (Å²) in [5.74, 6) is -0.170. The molecule has 20 heavy (non-hydrogen) atoms. The van der Waals surface area contributed by atoms with Gasteiger partial charge in [0.25, 0.3) is 5.91 Å². The molecule has 1 fully saturated rings. The van der Waals surface area contributed by atoms with Gasteiger partial charge in [-0.3, -0.25) is 4.79 Å². The number of carbonyl (C=O) groups is 1. The minimum absolute atomic E-state index is 0.170. The average Bonchev–Trinajstić information content (AvgIpc) is 2.91. The van der Waals surface area contributed by atoms with Crippen LogP contribution in [0.2, 0.25) is 0 Å². The van der Waals surface area contributed by atoms with Gasteiger partial charge in [0.1, 0.15) is 5.60 Å². The zero-order valence-corrected chi connectivity index (χ0v) is 11.1. The maximum atomic E-state index is 12.1. The summed E-state index contributed by atoms with van der Waals surface area (Å²) in [7, 11) is 0. The van der Waals surface area contributed by atoms with E-state index in [0.29, 0.717) is 18.6 Å². The van der Waals surface area contributed by atoms with Crippen LogP contribution in [0, 0.1) is 0 Å². The van der Waals surface area contributed by atoms with E-state index >= 15 is 0 Å². The number of hydrogen-bond donors (Lipinski definition) is 2. The van der Waals surface area contributed by atoms with Gasteiger partial charge in [-0.1, -0.05) is 30.3 Å². The van der Waals surface area contributed by atoms with Crippen LogP contribution in [-0.4, -0.2) is 36.4 Å². The van der Waals surface area contributed by atoms with Gasteiger partial charge in [-0.05, 0) is 22.9 Å². The van der Waals surface area contributed by atoms with Gasteiger partial charge in [0.2, 0.25) is 0 Å². The Morgan fingerprint density at radius 3 is 2.80 bits per heavy atom. The van der Waals surface area contributed by atoms with E-state index in [-0.39, 0.29) is 19.1 Å². The van der Waals surface area contributed by atoms with Gasteiger partial charge in [0, 0.05) is 25.1 Å². The van der Waals surface area contributed by atoms with Crippen molar-refractivity contribution in [3.63, 3.8) is 0 Å². The van der Waals surface area contributed by atoms with Crippen LogP contribution < -0.4 is 5.32 Å². The molecule has 0 radical (unpaired) electrons. The van der Waals surface area contributed by atoms with Gasteiger partial charge in [0.15, 0.2) is 0 Å². The highest BCUT2D eigenvalue weighted by Gasteiger charge is 2.32. The lowest BCUT2D eigenvalue weighted by atomic mass is 10.0. The molecule has 0 aromatic heterocycles. The summed E-state index contributed by atoms with van der Waals surface area (Å²) in [5.41, 5.74) is -0.321. The Morgan fingerprint density at radius 1 is 1.25 bits per heavy atom. The van der Waals surface area contributed by atoms with Crippen LogP contribution in [0.5, 0.6) is 0 Å². The molecule has 0 aliphatic carbocycles. The normalized spacial score (nSPS) is 22.1. The average molecular weight is 271 g/mol. The predicted molar refractivity (Wildman–Crippen MR) is 76.7 cm³/mol. The quantitative estimate of drug-likeness (QED) is 0.893. The number of fused-ring (bicyclic) bond motifs is 1. The molecule has 1 aliphatic rings. The highest BCUT2D eigenvalue weighted by molar-refractivity contribution is 5.98. The lowest BCUT2D eigenvalue weighted by Crippen LogP contribution is -2.43. The third-order valence-corrected chi connectivity index (χ3v) is 3.67. The molecule has 1 aliphatic heterocycles. The molecule has 1 amide bonds. The Labute approximate surface area is 117 Å². The minimum Gasteiger partial charge on any atom is -0.386 e. The molecule has 4 heteroatoms. The van der Waals surface area contributed by atoms with E-state index in [2.05, 4.69) is 5.32 Å². The summed E-state index contributed by atoms with van der Waals surface area (Å²) in [4.78, 5) is 12.1. The highest BCUT2D eigenvalue weighted by atomic mass is 16.5. The number of ether oxygens (including phenoxy) is 1. The largest absolute Gasteiger partial charge is 0.386 e. The molecule has 4 nitrogen and oxygen atoms in total. The smallest absolute Gasteiger partial charge is 0.251 e. The molecule has 1 saturated heterocycles. The summed E-state index contributed by atoms with van der Waals surface area (Å²) >= 11 is 0. The van der Waals surface area contributed by atoms with E-state index in [4.69, 9.17) is 4.74 Å². The lowest BCUT2D eigenvalue weighted by Gasteiger charge is -2.20. The van der Waals surface area contributed by atoms with Crippen LogP contribution in [0.15, 0.2) is 42.5 Å². The van der Waals surface area contributed by atoms with Gasteiger partial charge in [0.05, 0.1) is 6.61 Å². The van der Waals surface area contributed by atoms with Crippen LogP contribution in [0.25, 0.3) is 10.8 Å². The lowest BCUT2D eigenvalue weighted by molar-refractivity contribution is 0.0264. The van der Waals surface area contributed by atoms with E-state index in [1.54, 1.807) is 6.07 Å². The second kappa shape index (κ2) is 5.23.